The highest BCUT2D eigenvalue weighted by Crippen LogP contribution is 2.22. The standard InChI is InChI=1S/C7H10O/c1-7(2,8)6-4-3-5-6/h6,8H,4H2,1-2H3. The summed E-state index contributed by atoms with van der Waals surface area (Å²) in [6, 6.07) is 0. The summed E-state index contributed by atoms with van der Waals surface area (Å²) in [6.07, 6.45) is 0.865. The monoisotopic (exact) mass is 110 g/mol. The molecule has 0 fully saturated rings. The fourth-order valence-electron chi connectivity index (χ4n) is 0.631. The van der Waals surface area contributed by atoms with Crippen molar-refractivity contribution in [2.75, 3.05) is 0 Å². The molecule has 1 N–H and O–H groups in total. The van der Waals surface area contributed by atoms with Gasteiger partial charge in [-0.05, 0) is 13.8 Å². The Morgan fingerprint density at radius 3 is 2.12 bits per heavy atom. The molecule has 0 amide bonds. The number of rotatable bonds is 1. The quantitative estimate of drug-likeness (QED) is 0.494. The van der Waals surface area contributed by atoms with Crippen LogP contribution in [0.15, 0.2) is 0 Å². The summed E-state index contributed by atoms with van der Waals surface area (Å²) in [6.45, 7) is 3.59. The largest absolute Gasteiger partial charge is 0.389 e. The Bertz CT molecular complexity index is 142. The Balaban J connectivity index is 2.53. The molecule has 0 aromatic heterocycles. The third-order valence-electron chi connectivity index (χ3n) is 1.44. The van der Waals surface area contributed by atoms with E-state index in [0.29, 0.717) is 0 Å². The lowest BCUT2D eigenvalue weighted by Crippen LogP contribution is -2.32. The van der Waals surface area contributed by atoms with Crippen molar-refractivity contribution >= 4 is 0 Å². The normalized spacial score (nSPS) is 25.6. The zero-order valence-corrected chi connectivity index (χ0v) is 5.23. The Hall–Kier alpha value is -0.480. The van der Waals surface area contributed by atoms with Gasteiger partial charge in [0.25, 0.3) is 0 Å². The maximum absolute atomic E-state index is 9.23. The van der Waals surface area contributed by atoms with E-state index in [4.69, 9.17) is 0 Å². The first-order valence-corrected chi connectivity index (χ1v) is 2.81. The van der Waals surface area contributed by atoms with Crippen LogP contribution in [0.1, 0.15) is 20.3 Å². The number of hydrogen-bond acceptors (Lipinski definition) is 1. The smallest absolute Gasteiger partial charge is 0.0737 e. The second-order valence-electron chi connectivity index (χ2n) is 2.73. The summed E-state index contributed by atoms with van der Waals surface area (Å²) >= 11 is 0. The van der Waals surface area contributed by atoms with Crippen molar-refractivity contribution in [3.63, 3.8) is 0 Å². The van der Waals surface area contributed by atoms with Crippen molar-refractivity contribution in [2.45, 2.75) is 25.9 Å². The molecule has 0 radical (unpaired) electrons. The lowest BCUT2D eigenvalue weighted by Gasteiger charge is -2.26. The second kappa shape index (κ2) is 1.50. The minimum atomic E-state index is -0.578. The average Bonchev–Trinajstić information content (AvgIpc) is 1.16. The van der Waals surface area contributed by atoms with E-state index in [2.05, 4.69) is 11.8 Å². The van der Waals surface area contributed by atoms with Gasteiger partial charge in [-0.25, -0.2) is 0 Å². The fraction of sp³-hybridized carbons (Fsp3) is 0.714. The molecule has 8 heavy (non-hydrogen) atoms. The van der Waals surface area contributed by atoms with Gasteiger partial charge in [-0.2, -0.15) is 0 Å². The molecule has 1 rings (SSSR count). The summed E-state index contributed by atoms with van der Waals surface area (Å²) < 4.78 is 0. The van der Waals surface area contributed by atoms with Crippen LogP contribution in [0.5, 0.6) is 0 Å². The van der Waals surface area contributed by atoms with Crippen LogP contribution in [0.25, 0.3) is 0 Å². The van der Waals surface area contributed by atoms with Crippen molar-refractivity contribution in [3.05, 3.63) is 0 Å². The number of hydrogen-bond donors (Lipinski definition) is 1. The third-order valence-corrected chi connectivity index (χ3v) is 1.44. The molecule has 1 aliphatic carbocycles. The minimum absolute atomic E-state index is 0.225. The van der Waals surface area contributed by atoms with E-state index in [-0.39, 0.29) is 5.92 Å². The maximum Gasteiger partial charge on any atom is 0.0737 e. The molecule has 1 heteroatoms. The molecule has 0 bridgehead atoms. The first-order valence-electron chi connectivity index (χ1n) is 2.81. The first-order chi connectivity index (χ1) is 3.61. The zero-order chi connectivity index (χ0) is 6.20. The van der Waals surface area contributed by atoms with Crippen molar-refractivity contribution in [3.8, 4) is 11.8 Å². The van der Waals surface area contributed by atoms with Gasteiger partial charge in [0.15, 0.2) is 0 Å². The van der Waals surface area contributed by atoms with Gasteiger partial charge in [-0.3, -0.25) is 0 Å². The molecule has 0 aromatic carbocycles. The molecule has 0 aliphatic heterocycles. The Morgan fingerprint density at radius 1 is 1.62 bits per heavy atom. The molecule has 1 aliphatic rings. The third kappa shape index (κ3) is 0.850. The Morgan fingerprint density at radius 2 is 2.12 bits per heavy atom. The Labute approximate surface area is 49.7 Å². The molecule has 1 atom stereocenters. The van der Waals surface area contributed by atoms with Crippen LogP contribution in [0.3, 0.4) is 0 Å². The molecule has 0 saturated carbocycles. The lowest BCUT2D eigenvalue weighted by molar-refractivity contribution is 0.0388. The molecule has 0 spiro atoms. The van der Waals surface area contributed by atoms with E-state index < -0.39 is 5.60 Å². The maximum atomic E-state index is 9.23. The van der Waals surface area contributed by atoms with Crippen molar-refractivity contribution in [1.29, 1.82) is 0 Å². The fourth-order valence-corrected chi connectivity index (χ4v) is 0.631. The SMILES string of the molecule is CC(C)(O)C1C#CC1. The predicted octanol–water partition coefficient (Wildman–Crippen LogP) is 0.781. The van der Waals surface area contributed by atoms with Crippen LogP contribution in [-0.4, -0.2) is 10.7 Å². The van der Waals surface area contributed by atoms with Crippen LogP contribution in [-0.2, 0) is 0 Å². The predicted molar refractivity (Wildman–Crippen MR) is 32.2 cm³/mol. The van der Waals surface area contributed by atoms with Crippen LogP contribution in [0.4, 0.5) is 0 Å². The topological polar surface area (TPSA) is 20.2 Å². The van der Waals surface area contributed by atoms with Gasteiger partial charge < -0.3 is 5.11 Å². The molecule has 0 aromatic rings. The summed E-state index contributed by atoms with van der Waals surface area (Å²) in [5.74, 6) is 5.97. The highest BCUT2D eigenvalue weighted by molar-refractivity contribution is 5.20. The summed E-state index contributed by atoms with van der Waals surface area (Å²) in [4.78, 5) is 0. The Kier molecular flexibility index (Phi) is 1.06. The van der Waals surface area contributed by atoms with E-state index in [1.165, 1.54) is 0 Å². The van der Waals surface area contributed by atoms with E-state index in [0.717, 1.165) is 6.42 Å². The summed E-state index contributed by atoms with van der Waals surface area (Å²) in [5.41, 5.74) is -0.578. The van der Waals surface area contributed by atoms with Gasteiger partial charge >= 0.3 is 0 Å². The minimum Gasteiger partial charge on any atom is -0.389 e. The highest BCUT2D eigenvalue weighted by atomic mass is 16.3. The van der Waals surface area contributed by atoms with Crippen molar-refractivity contribution < 1.29 is 5.11 Å². The van der Waals surface area contributed by atoms with Gasteiger partial charge in [-0.1, -0.05) is 5.92 Å². The van der Waals surface area contributed by atoms with E-state index in [9.17, 15) is 5.11 Å². The summed E-state index contributed by atoms with van der Waals surface area (Å²) in [7, 11) is 0. The van der Waals surface area contributed by atoms with Crippen LogP contribution in [0.2, 0.25) is 0 Å². The van der Waals surface area contributed by atoms with E-state index in [1.54, 1.807) is 13.8 Å². The van der Waals surface area contributed by atoms with E-state index in [1.807, 2.05) is 0 Å². The van der Waals surface area contributed by atoms with Gasteiger partial charge in [0.05, 0.1) is 11.5 Å². The van der Waals surface area contributed by atoms with Crippen molar-refractivity contribution in [1.82, 2.24) is 0 Å². The molecule has 1 unspecified atom stereocenters. The molecule has 0 saturated heterocycles. The summed E-state index contributed by atoms with van der Waals surface area (Å²) in [5, 5.41) is 9.23. The second-order valence-corrected chi connectivity index (χ2v) is 2.73. The van der Waals surface area contributed by atoms with Gasteiger partial charge in [0, 0.05) is 6.42 Å². The molecule has 1 nitrogen and oxygen atoms in total. The van der Waals surface area contributed by atoms with Crippen LogP contribution >= 0.6 is 0 Å². The molecular weight excluding hydrogens is 100 g/mol. The van der Waals surface area contributed by atoms with E-state index >= 15 is 0 Å². The average molecular weight is 110 g/mol. The van der Waals surface area contributed by atoms with Crippen LogP contribution in [0, 0.1) is 17.8 Å². The van der Waals surface area contributed by atoms with Crippen molar-refractivity contribution in [2.24, 2.45) is 5.92 Å². The van der Waals surface area contributed by atoms with Gasteiger partial charge in [-0.15, -0.1) is 5.92 Å². The zero-order valence-electron chi connectivity index (χ0n) is 5.23. The lowest BCUT2D eigenvalue weighted by atomic mass is 9.84. The van der Waals surface area contributed by atoms with Gasteiger partial charge in [0.2, 0.25) is 0 Å². The van der Waals surface area contributed by atoms with Gasteiger partial charge in [0.1, 0.15) is 0 Å². The number of aliphatic hydroxyl groups is 1. The van der Waals surface area contributed by atoms with Crippen LogP contribution < -0.4 is 0 Å². The first kappa shape index (κ1) is 5.65. The molecule has 44 valence electrons. The molecule has 0 heterocycles. The highest BCUT2D eigenvalue weighted by Gasteiger charge is 2.27. The molecular formula is C7H10O.